The summed E-state index contributed by atoms with van der Waals surface area (Å²) in [6, 6.07) is 8.51. The van der Waals surface area contributed by atoms with Gasteiger partial charge in [0.25, 0.3) is 0 Å². The molecule has 114 valence electrons. The van der Waals surface area contributed by atoms with Crippen molar-refractivity contribution in [3.63, 3.8) is 0 Å². The fourth-order valence-electron chi connectivity index (χ4n) is 2.12. The van der Waals surface area contributed by atoms with E-state index >= 15 is 0 Å². The molecule has 0 saturated carbocycles. The zero-order valence-electron chi connectivity index (χ0n) is 13.9. The van der Waals surface area contributed by atoms with Gasteiger partial charge in [-0.1, -0.05) is 46.2 Å². The second-order valence-electron chi connectivity index (χ2n) is 6.63. The summed E-state index contributed by atoms with van der Waals surface area (Å²) in [5.41, 5.74) is 1.56. The first-order chi connectivity index (χ1) is 9.43. The SMILES string of the molecule is CCCCN(C)CCCOc1ccc(C(C)(C)C)cc1. The molecule has 2 heteroatoms. The Balaban J connectivity index is 2.26. The number of hydrogen-bond donors (Lipinski definition) is 0. The van der Waals surface area contributed by atoms with Crippen LogP contribution < -0.4 is 4.74 Å². The van der Waals surface area contributed by atoms with Crippen molar-refractivity contribution in [2.75, 3.05) is 26.7 Å². The number of unbranched alkanes of at least 4 members (excludes halogenated alkanes) is 1. The Labute approximate surface area is 125 Å². The van der Waals surface area contributed by atoms with Gasteiger partial charge in [0, 0.05) is 6.54 Å². The van der Waals surface area contributed by atoms with Gasteiger partial charge in [-0.3, -0.25) is 0 Å². The summed E-state index contributed by atoms with van der Waals surface area (Å²) < 4.78 is 5.80. The molecule has 0 heterocycles. The van der Waals surface area contributed by atoms with Crippen LogP contribution in [-0.2, 0) is 5.41 Å². The quantitative estimate of drug-likeness (QED) is 0.649. The summed E-state index contributed by atoms with van der Waals surface area (Å²) in [6.07, 6.45) is 3.63. The lowest BCUT2D eigenvalue weighted by Gasteiger charge is -2.19. The van der Waals surface area contributed by atoms with Crippen LogP contribution in [0.2, 0.25) is 0 Å². The predicted molar refractivity (Wildman–Crippen MR) is 87.7 cm³/mol. The fourth-order valence-corrected chi connectivity index (χ4v) is 2.12. The normalized spacial score (nSPS) is 11.9. The molecule has 0 N–H and O–H groups in total. The average molecular weight is 277 g/mol. The second kappa shape index (κ2) is 8.31. The molecule has 2 nitrogen and oxygen atoms in total. The maximum absolute atomic E-state index is 5.80. The lowest BCUT2D eigenvalue weighted by Crippen LogP contribution is -2.22. The van der Waals surface area contributed by atoms with Gasteiger partial charge >= 0.3 is 0 Å². The molecule has 0 amide bonds. The van der Waals surface area contributed by atoms with Crippen LogP contribution >= 0.6 is 0 Å². The Morgan fingerprint density at radius 2 is 1.60 bits per heavy atom. The number of benzene rings is 1. The van der Waals surface area contributed by atoms with E-state index in [1.807, 2.05) is 0 Å². The topological polar surface area (TPSA) is 12.5 Å². The van der Waals surface area contributed by atoms with E-state index in [9.17, 15) is 0 Å². The Morgan fingerprint density at radius 1 is 1.00 bits per heavy atom. The van der Waals surface area contributed by atoms with Gasteiger partial charge in [-0.05, 0) is 49.5 Å². The summed E-state index contributed by atoms with van der Waals surface area (Å²) in [5.74, 6) is 0.981. The van der Waals surface area contributed by atoms with E-state index in [4.69, 9.17) is 4.74 Å². The zero-order chi connectivity index (χ0) is 15.0. The fraction of sp³-hybridized carbons (Fsp3) is 0.667. The maximum atomic E-state index is 5.80. The molecule has 0 aliphatic heterocycles. The molecule has 0 saturated heterocycles. The lowest BCUT2D eigenvalue weighted by molar-refractivity contribution is 0.260. The van der Waals surface area contributed by atoms with Gasteiger partial charge in [0.15, 0.2) is 0 Å². The van der Waals surface area contributed by atoms with Crippen LogP contribution in [0, 0.1) is 0 Å². The standard InChI is InChI=1S/C18H31NO/c1-6-7-13-19(5)14-8-15-20-17-11-9-16(10-12-17)18(2,3)4/h9-12H,6-8,13-15H2,1-5H3. The van der Waals surface area contributed by atoms with Gasteiger partial charge in [-0.2, -0.15) is 0 Å². The molecule has 1 rings (SSSR count). The summed E-state index contributed by atoms with van der Waals surface area (Å²) in [6.45, 7) is 12.0. The molecule has 20 heavy (non-hydrogen) atoms. The van der Waals surface area contributed by atoms with Crippen molar-refractivity contribution >= 4 is 0 Å². The highest BCUT2D eigenvalue weighted by Crippen LogP contribution is 2.24. The van der Waals surface area contributed by atoms with Crippen LogP contribution in [0.3, 0.4) is 0 Å². The molecule has 0 bridgehead atoms. The average Bonchev–Trinajstić information content (AvgIpc) is 2.41. The molecule has 0 radical (unpaired) electrons. The number of nitrogens with zero attached hydrogens (tertiary/aromatic N) is 1. The molecule has 0 unspecified atom stereocenters. The largest absolute Gasteiger partial charge is 0.494 e. The molecule has 0 aliphatic rings. The van der Waals surface area contributed by atoms with E-state index in [-0.39, 0.29) is 5.41 Å². The van der Waals surface area contributed by atoms with E-state index in [0.29, 0.717) is 0 Å². The maximum Gasteiger partial charge on any atom is 0.119 e. The van der Waals surface area contributed by atoms with E-state index in [0.717, 1.165) is 25.3 Å². The van der Waals surface area contributed by atoms with Gasteiger partial charge < -0.3 is 9.64 Å². The minimum absolute atomic E-state index is 0.209. The third-order valence-corrected chi connectivity index (χ3v) is 3.57. The monoisotopic (exact) mass is 277 g/mol. The third-order valence-electron chi connectivity index (χ3n) is 3.57. The Bertz CT molecular complexity index is 364. The van der Waals surface area contributed by atoms with Gasteiger partial charge in [-0.25, -0.2) is 0 Å². The zero-order valence-corrected chi connectivity index (χ0v) is 13.9. The highest BCUT2D eigenvalue weighted by Gasteiger charge is 2.12. The van der Waals surface area contributed by atoms with Crippen molar-refractivity contribution < 1.29 is 4.74 Å². The smallest absolute Gasteiger partial charge is 0.119 e. The van der Waals surface area contributed by atoms with Crippen LogP contribution in [0.25, 0.3) is 0 Å². The molecule has 0 spiro atoms. The molecule has 0 aliphatic carbocycles. The first-order valence-electron chi connectivity index (χ1n) is 7.85. The Hall–Kier alpha value is -1.02. The number of rotatable bonds is 8. The van der Waals surface area contributed by atoms with Crippen LogP contribution in [0.15, 0.2) is 24.3 Å². The van der Waals surface area contributed by atoms with E-state index < -0.39 is 0 Å². The predicted octanol–water partition coefficient (Wildman–Crippen LogP) is 4.48. The summed E-state index contributed by atoms with van der Waals surface area (Å²) in [7, 11) is 2.19. The molecule has 1 aromatic rings. The van der Waals surface area contributed by atoms with Gasteiger partial charge in [0.1, 0.15) is 5.75 Å². The summed E-state index contributed by atoms with van der Waals surface area (Å²) in [5, 5.41) is 0. The summed E-state index contributed by atoms with van der Waals surface area (Å²) in [4.78, 5) is 2.38. The van der Waals surface area contributed by atoms with Crippen molar-refractivity contribution in [3.8, 4) is 5.75 Å². The number of hydrogen-bond acceptors (Lipinski definition) is 2. The van der Waals surface area contributed by atoms with Crippen LogP contribution in [0.1, 0.15) is 52.5 Å². The first kappa shape index (κ1) is 17.0. The molecule has 0 aromatic heterocycles. The van der Waals surface area contributed by atoms with Gasteiger partial charge in [0.05, 0.1) is 6.61 Å². The summed E-state index contributed by atoms with van der Waals surface area (Å²) >= 11 is 0. The van der Waals surface area contributed by atoms with Gasteiger partial charge in [0.2, 0.25) is 0 Å². The number of ether oxygens (including phenoxy) is 1. The van der Waals surface area contributed by atoms with Crippen LogP contribution in [-0.4, -0.2) is 31.6 Å². The minimum Gasteiger partial charge on any atom is -0.494 e. The molecule has 1 aromatic carbocycles. The van der Waals surface area contributed by atoms with Crippen LogP contribution in [0.4, 0.5) is 0 Å². The van der Waals surface area contributed by atoms with Crippen molar-refractivity contribution in [1.29, 1.82) is 0 Å². The molecular weight excluding hydrogens is 246 g/mol. The highest BCUT2D eigenvalue weighted by molar-refractivity contribution is 5.31. The highest BCUT2D eigenvalue weighted by atomic mass is 16.5. The van der Waals surface area contributed by atoms with Gasteiger partial charge in [-0.15, -0.1) is 0 Å². The first-order valence-corrected chi connectivity index (χ1v) is 7.85. The Kier molecular flexibility index (Phi) is 7.08. The second-order valence-corrected chi connectivity index (χ2v) is 6.63. The van der Waals surface area contributed by atoms with Crippen molar-refractivity contribution in [2.45, 2.75) is 52.4 Å². The van der Waals surface area contributed by atoms with Crippen molar-refractivity contribution in [2.24, 2.45) is 0 Å². The minimum atomic E-state index is 0.209. The van der Waals surface area contributed by atoms with E-state index in [1.165, 1.54) is 24.9 Å². The lowest BCUT2D eigenvalue weighted by atomic mass is 9.87. The van der Waals surface area contributed by atoms with Crippen molar-refractivity contribution in [3.05, 3.63) is 29.8 Å². The van der Waals surface area contributed by atoms with Crippen molar-refractivity contribution in [1.82, 2.24) is 4.90 Å². The molecule has 0 atom stereocenters. The van der Waals surface area contributed by atoms with Crippen LogP contribution in [0.5, 0.6) is 5.75 Å². The van der Waals surface area contributed by atoms with E-state index in [1.54, 1.807) is 0 Å². The van der Waals surface area contributed by atoms with E-state index in [2.05, 4.69) is 63.9 Å². The molecular formula is C18H31NO. The Morgan fingerprint density at radius 3 is 2.15 bits per heavy atom. The third kappa shape index (κ3) is 6.42. The molecule has 0 fully saturated rings.